The van der Waals surface area contributed by atoms with Gasteiger partial charge in [-0.1, -0.05) is 109 Å². The van der Waals surface area contributed by atoms with Gasteiger partial charge in [0.15, 0.2) is 17.5 Å². The van der Waals surface area contributed by atoms with Crippen LogP contribution in [-0.2, 0) is 0 Å². The zero-order chi connectivity index (χ0) is 40.5. The summed E-state index contributed by atoms with van der Waals surface area (Å²) in [6, 6.07) is 62.8. The maximum Gasteiger partial charge on any atom is 0.166 e. The Bertz CT molecular complexity index is 4060. The van der Waals surface area contributed by atoms with E-state index >= 15 is 0 Å². The molecule has 0 aliphatic rings. The SMILES string of the molecule is c1ccc2cc3c(cc2c1)c1ccccc1n3-c1ccc2oc3ccccc3c2c1-c1nc(-c2ccc3c(c2)oc2ccccc23)nc(-c2ccc3c(c2)oc2ccccc23)n1. The topological polar surface area (TPSA) is 83.0 Å². The van der Waals surface area contributed by atoms with E-state index in [2.05, 4.69) is 126 Å². The van der Waals surface area contributed by atoms with Crippen molar-refractivity contribution in [3.63, 3.8) is 0 Å². The third-order valence-electron chi connectivity index (χ3n) is 12.4. The van der Waals surface area contributed by atoms with Crippen molar-refractivity contribution in [2.24, 2.45) is 0 Å². The number of hydrogen-bond acceptors (Lipinski definition) is 6. The van der Waals surface area contributed by atoms with Gasteiger partial charge in [-0.15, -0.1) is 0 Å². The average molecular weight is 795 g/mol. The molecule has 5 aromatic heterocycles. The predicted molar refractivity (Wildman–Crippen MR) is 250 cm³/mol. The molecular formula is C55H30N4O3. The van der Waals surface area contributed by atoms with Crippen LogP contribution >= 0.6 is 0 Å². The summed E-state index contributed by atoms with van der Waals surface area (Å²) in [7, 11) is 0. The highest BCUT2D eigenvalue weighted by Gasteiger charge is 2.25. The van der Waals surface area contributed by atoms with E-state index in [-0.39, 0.29) is 0 Å². The van der Waals surface area contributed by atoms with Crippen LogP contribution in [0, 0.1) is 0 Å². The van der Waals surface area contributed by atoms with Gasteiger partial charge < -0.3 is 17.8 Å². The van der Waals surface area contributed by atoms with E-state index in [0.717, 1.165) is 115 Å². The highest BCUT2D eigenvalue weighted by atomic mass is 16.3. The summed E-state index contributed by atoms with van der Waals surface area (Å²) < 4.78 is 21.8. The number of benzene rings is 9. The van der Waals surface area contributed by atoms with Crippen LogP contribution in [0.1, 0.15) is 0 Å². The van der Waals surface area contributed by atoms with Crippen LogP contribution in [-0.4, -0.2) is 19.5 Å². The lowest BCUT2D eigenvalue weighted by atomic mass is 10.0. The molecule has 288 valence electrons. The van der Waals surface area contributed by atoms with E-state index in [0.29, 0.717) is 17.5 Å². The molecule has 7 heteroatoms. The first-order valence-electron chi connectivity index (χ1n) is 20.7. The van der Waals surface area contributed by atoms with Gasteiger partial charge in [-0.3, -0.25) is 0 Å². The summed E-state index contributed by atoms with van der Waals surface area (Å²) >= 11 is 0. The monoisotopic (exact) mass is 794 g/mol. The second-order valence-corrected chi connectivity index (χ2v) is 15.9. The second kappa shape index (κ2) is 12.5. The molecule has 62 heavy (non-hydrogen) atoms. The van der Waals surface area contributed by atoms with Gasteiger partial charge in [-0.05, 0) is 83.6 Å². The van der Waals surface area contributed by atoms with Gasteiger partial charge in [-0.2, -0.15) is 0 Å². The molecular weight excluding hydrogens is 765 g/mol. The number of nitrogens with zero attached hydrogens (tertiary/aromatic N) is 4. The Labute approximate surface area is 351 Å². The molecule has 0 amide bonds. The lowest BCUT2D eigenvalue weighted by Gasteiger charge is -2.16. The Morgan fingerprint density at radius 1 is 0.323 bits per heavy atom. The first-order valence-corrected chi connectivity index (χ1v) is 20.7. The zero-order valence-corrected chi connectivity index (χ0v) is 32.8. The minimum atomic E-state index is 0.512. The molecule has 0 spiro atoms. The molecule has 0 N–H and O–H groups in total. The molecule has 0 saturated heterocycles. The standard InChI is InChI=1S/C55H30N4O3/c1-2-12-32-28-44-41(27-31(32)11-1)35-13-3-7-17-42(35)59(44)43-25-26-48-51(40-16-6-10-20-47(40)60-48)52(43)55-57-53(33-21-23-38-36-14-4-8-18-45(36)61-49(38)29-33)56-54(58-55)34-22-24-39-37-15-5-9-19-46(37)62-50(39)30-34/h1-30H. The number of hydrogen-bond donors (Lipinski definition) is 0. The maximum absolute atomic E-state index is 6.60. The zero-order valence-electron chi connectivity index (χ0n) is 32.8. The highest BCUT2D eigenvalue weighted by Crippen LogP contribution is 2.44. The molecule has 0 fully saturated rings. The molecule has 0 unspecified atom stereocenters. The molecule has 0 aliphatic heterocycles. The van der Waals surface area contributed by atoms with E-state index in [4.69, 9.17) is 28.2 Å². The minimum Gasteiger partial charge on any atom is -0.456 e. The third-order valence-corrected chi connectivity index (χ3v) is 12.4. The van der Waals surface area contributed by atoms with Crippen LogP contribution in [0.15, 0.2) is 195 Å². The lowest BCUT2D eigenvalue weighted by Crippen LogP contribution is -2.04. The number of rotatable bonds is 4. The Kier molecular flexibility index (Phi) is 6.71. The fourth-order valence-corrected chi connectivity index (χ4v) is 9.61. The summed E-state index contributed by atoms with van der Waals surface area (Å²) in [5.74, 6) is 1.54. The molecule has 0 bridgehead atoms. The largest absolute Gasteiger partial charge is 0.456 e. The molecule has 0 aliphatic carbocycles. The first kappa shape index (κ1) is 33.3. The van der Waals surface area contributed by atoms with Crippen LogP contribution in [0.3, 0.4) is 0 Å². The minimum absolute atomic E-state index is 0.512. The summed E-state index contributed by atoms with van der Waals surface area (Å²) in [4.78, 5) is 16.1. The second-order valence-electron chi connectivity index (χ2n) is 15.9. The fourth-order valence-electron chi connectivity index (χ4n) is 9.61. The van der Waals surface area contributed by atoms with Gasteiger partial charge in [0.25, 0.3) is 0 Å². The van der Waals surface area contributed by atoms with Crippen molar-refractivity contribution in [1.29, 1.82) is 0 Å². The molecule has 9 aromatic carbocycles. The number of fused-ring (bicyclic) bond motifs is 13. The molecule has 0 radical (unpaired) electrons. The molecule has 7 nitrogen and oxygen atoms in total. The molecule has 14 rings (SSSR count). The van der Waals surface area contributed by atoms with Crippen molar-refractivity contribution >= 4 is 98.4 Å². The van der Waals surface area contributed by atoms with Gasteiger partial charge in [0.1, 0.15) is 33.5 Å². The summed E-state index contributed by atoms with van der Waals surface area (Å²) in [6.07, 6.45) is 0. The summed E-state index contributed by atoms with van der Waals surface area (Å²) in [6.45, 7) is 0. The Morgan fingerprint density at radius 2 is 0.823 bits per heavy atom. The van der Waals surface area contributed by atoms with E-state index in [9.17, 15) is 0 Å². The van der Waals surface area contributed by atoms with Crippen LogP contribution in [0.25, 0.3) is 138 Å². The number of para-hydroxylation sites is 4. The molecule has 14 aromatic rings. The van der Waals surface area contributed by atoms with Gasteiger partial charge in [0.05, 0.1) is 22.3 Å². The van der Waals surface area contributed by atoms with E-state index in [1.807, 2.05) is 60.7 Å². The fraction of sp³-hybridized carbons (Fsp3) is 0. The summed E-state index contributed by atoms with van der Waals surface area (Å²) in [5.41, 5.74) is 10.2. The molecule has 0 saturated carbocycles. The third kappa shape index (κ3) is 4.78. The smallest absolute Gasteiger partial charge is 0.166 e. The van der Waals surface area contributed by atoms with Gasteiger partial charge >= 0.3 is 0 Å². The summed E-state index contributed by atoms with van der Waals surface area (Å²) in [5, 5.41) is 10.8. The van der Waals surface area contributed by atoms with Crippen molar-refractivity contribution in [1.82, 2.24) is 19.5 Å². The lowest BCUT2D eigenvalue weighted by molar-refractivity contribution is 0.668. The van der Waals surface area contributed by atoms with E-state index in [1.54, 1.807) is 0 Å². The van der Waals surface area contributed by atoms with Crippen LogP contribution in [0.5, 0.6) is 0 Å². The van der Waals surface area contributed by atoms with Gasteiger partial charge in [0, 0.05) is 54.2 Å². The van der Waals surface area contributed by atoms with E-state index < -0.39 is 0 Å². The average Bonchev–Trinajstić information content (AvgIpc) is 4.08. The number of furan rings is 3. The quantitative estimate of drug-likeness (QED) is 0.176. The first-order chi connectivity index (χ1) is 30.7. The molecule has 5 heterocycles. The van der Waals surface area contributed by atoms with Crippen molar-refractivity contribution in [2.45, 2.75) is 0 Å². The Hall–Kier alpha value is -8.55. The predicted octanol–water partition coefficient (Wildman–Crippen LogP) is 14.8. The normalized spacial score (nSPS) is 12.2. The maximum atomic E-state index is 6.60. The Morgan fingerprint density at radius 3 is 1.48 bits per heavy atom. The van der Waals surface area contributed by atoms with Gasteiger partial charge in [0.2, 0.25) is 0 Å². The van der Waals surface area contributed by atoms with Gasteiger partial charge in [-0.25, -0.2) is 15.0 Å². The van der Waals surface area contributed by atoms with E-state index in [1.165, 1.54) is 5.39 Å². The number of aromatic nitrogens is 4. The van der Waals surface area contributed by atoms with Crippen LogP contribution in [0.4, 0.5) is 0 Å². The van der Waals surface area contributed by atoms with Crippen LogP contribution < -0.4 is 0 Å². The molecule has 0 atom stereocenters. The van der Waals surface area contributed by atoms with Crippen molar-refractivity contribution in [2.75, 3.05) is 0 Å². The van der Waals surface area contributed by atoms with Crippen molar-refractivity contribution in [3.05, 3.63) is 182 Å². The van der Waals surface area contributed by atoms with Crippen LogP contribution in [0.2, 0.25) is 0 Å². The van der Waals surface area contributed by atoms with Crippen molar-refractivity contribution in [3.8, 4) is 39.9 Å². The highest BCUT2D eigenvalue weighted by molar-refractivity contribution is 6.17. The Balaban J connectivity index is 1.10. The van der Waals surface area contributed by atoms with Crippen molar-refractivity contribution < 1.29 is 13.3 Å².